The standard InChI is InChI=1S/C13H13BrN2S/c1-2-11-7-16-8-12(15-13(16)17-11)9-3-5-10(14)6-4-9/h3-7,12H,2,8H2,1H3. The van der Waals surface area contributed by atoms with Gasteiger partial charge in [-0.15, -0.1) is 0 Å². The van der Waals surface area contributed by atoms with Crippen molar-refractivity contribution in [3.63, 3.8) is 0 Å². The lowest BCUT2D eigenvalue weighted by Gasteiger charge is -2.10. The minimum absolute atomic E-state index is 0.292. The lowest BCUT2D eigenvalue weighted by atomic mass is 10.1. The molecule has 0 radical (unpaired) electrons. The third-order valence-corrected chi connectivity index (χ3v) is 4.71. The Kier molecular flexibility index (Phi) is 3.01. The highest BCUT2D eigenvalue weighted by Gasteiger charge is 2.30. The van der Waals surface area contributed by atoms with E-state index in [-0.39, 0.29) is 0 Å². The molecule has 17 heavy (non-hydrogen) atoms. The molecule has 4 heteroatoms. The van der Waals surface area contributed by atoms with Crippen molar-refractivity contribution in [3.05, 3.63) is 45.4 Å². The summed E-state index contributed by atoms with van der Waals surface area (Å²) >= 11 is 5.27. The van der Waals surface area contributed by atoms with Gasteiger partial charge in [0.2, 0.25) is 0 Å². The van der Waals surface area contributed by atoms with Crippen molar-refractivity contribution in [1.29, 1.82) is 0 Å². The summed E-state index contributed by atoms with van der Waals surface area (Å²) in [7, 11) is 0. The van der Waals surface area contributed by atoms with Gasteiger partial charge >= 0.3 is 0 Å². The van der Waals surface area contributed by atoms with Crippen LogP contribution in [0.15, 0.2) is 44.8 Å². The number of amidine groups is 1. The van der Waals surface area contributed by atoms with E-state index >= 15 is 0 Å². The van der Waals surface area contributed by atoms with E-state index in [2.05, 4.69) is 58.2 Å². The number of hydrogen-bond donors (Lipinski definition) is 0. The van der Waals surface area contributed by atoms with Gasteiger partial charge in [0, 0.05) is 15.6 Å². The van der Waals surface area contributed by atoms with Crippen LogP contribution in [0.2, 0.25) is 0 Å². The van der Waals surface area contributed by atoms with Crippen LogP contribution in [0, 0.1) is 0 Å². The van der Waals surface area contributed by atoms with Crippen LogP contribution in [0.1, 0.15) is 24.9 Å². The maximum atomic E-state index is 4.79. The van der Waals surface area contributed by atoms with Crippen molar-refractivity contribution in [2.24, 2.45) is 4.99 Å². The summed E-state index contributed by atoms with van der Waals surface area (Å²) in [6, 6.07) is 8.76. The summed E-state index contributed by atoms with van der Waals surface area (Å²) in [5.74, 6) is 0. The fourth-order valence-electron chi connectivity index (χ4n) is 2.05. The minimum Gasteiger partial charge on any atom is -0.324 e. The molecule has 1 aromatic carbocycles. The van der Waals surface area contributed by atoms with Crippen molar-refractivity contribution in [3.8, 4) is 0 Å². The number of rotatable bonds is 2. The van der Waals surface area contributed by atoms with Crippen LogP contribution in [-0.4, -0.2) is 16.6 Å². The van der Waals surface area contributed by atoms with Crippen molar-refractivity contribution >= 4 is 32.9 Å². The average Bonchev–Trinajstić information content (AvgIpc) is 2.87. The Hall–Kier alpha value is -0.740. The molecule has 2 heterocycles. The predicted octanol–water partition coefficient (Wildman–Crippen LogP) is 4.16. The molecular weight excluding hydrogens is 296 g/mol. The van der Waals surface area contributed by atoms with Crippen LogP contribution in [0.3, 0.4) is 0 Å². The molecule has 2 aliphatic rings. The van der Waals surface area contributed by atoms with Gasteiger partial charge in [-0.25, -0.2) is 0 Å². The Balaban J connectivity index is 1.79. The molecule has 0 fully saturated rings. The third-order valence-electron chi connectivity index (χ3n) is 3.01. The molecule has 0 N–H and O–H groups in total. The summed E-state index contributed by atoms with van der Waals surface area (Å²) in [5, 5.41) is 1.16. The van der Waals surface area contributed by atoms with Crippen LogP contribution >= 0.6 is 27.7 Å². The van der Waals surface area contributed by atoms with Crippen LogP contribution in [0.4, 0.5) is 0 Å². The first-order valence-corrected chi connectivity index (χ1v) is 7.35. The summed E-state index contributed by atoms with van der Waals surface area (Å²) in [4.78, 5) is 8.48. The topological polar surface area (TPSA) is 15.6 Å². The lowest BCUT2D eigenvalue weighted by Crippen LogP contribution is -2.16. The molecule has 0 spiro atoms. The van der Waals surface area contributed by atoms with Crippen molar-refractivity contribution < 1.29 is 0 Å². The molecule has 1 aromatic rings. The summed E-state index contributed by atoms with van der Waals surface area (Å²) in [6.45, 7) is 3.17. The molecule has 0 saturated carbocycles. The van der Waals surface area contributed by atoms with Crippen LogP contribution in [-0.2, 0) is 0 Å². The van der Waals surface area contributed by atoms with E-state index in [0.717, 1.165) is 22.6 Å². The van der Waals surface area contributed by atoms with Gasteiger partial charge in [0.05, 0.1) is 12.6 Å². The second-order valence-electron chi connectivity index (χ2n) is 4.18. The first kappa shape index (κ1) is 11.4. The van der Waals surface area contributed by atoms with E-state index in [4.69, 9.17) is 4.99 Å². The van der Waals surface area contributed by atoms with Crippen molar-refractivity contribution in [1.82, 2.24) is 4.90 Å². The lowest BCUT2D eigenvalue weighted by molar-refractivity contribution is 0.555. The van der Waals surface area contributed by atoms with Crippen LogP contribution in [0.5, 0.6) is 0 Å². The molecule has 88 valence electrons. The molecule has 2 nitrogen and oxygen atoms in total. The molecule has 0 bridgehead atoms. The van der Waals surface area contributed by atoms with E-state index < -0.39 is 0 Å². The Morgan fingerprint density at radius 3 is 2.82 bits per heavy atom. The summed E-state index contributed by atoms with van der Waals surface area (Å²) in [5.41, 5.74) is 1.29. The van der Waals surface area contributed by atoms with Crippen molar-refractivity contribution in [2.75, 3.05) is 6.54 Å². The molecule has 0 saturated heterocycles. The Morgan fingerprint density at radius 2 is 2.18 bits per heavy atom. The molecule has 1 unspecified atom stereocenters. The van der Waals surface area contributed by atoms with Crippen LogP contribution in [0.25, 0.3) is 0 Å². The van der Waals surface area contributed by atoms with Crippen molar-refractivity contribution in [2.45, 2.75) is 19.4 Å². The summed E-state index contributed by atoms with van der Waals surface area (Å²) in [6.07, 6.45) is 3.34. The number of aliphatic imine (C=N–C) groups is 1. The predicted molar refractivity (Wildman–Crippen MR) is 77.0 cm³/mol. The van der Waals surface area contributed by atoms with Gasteiger partial charge in [0.15, 0.2) is 5.17 Å². The maximum absolute atomic E-state index is 4.79. The van der Waals surface area contributed by atoms with Crippen LogP contribution < -0.4 is 0 Å². The van der Waals surface area contributed by atoms with Gasteiger partial charge in [-0.2, -0.15) is 0 Å². The number of thioether (sulfide) groups is 1. The fourth-order valence-corrected chi connectivity index (χ4v) is 3.30. The molecular formula is C13H13BrN2S. The van der Waals surface area contributed by atoms with Gasteiger partial charge in [0.25, 0.3) is 0 Å². The maximum Gasteiger partial charge on any atom is 0.168 e. The minimum atomic E-state index is 0.292. The highest BCUT2D eigenvalue weighted by molar-refractivity contribution is 9.10. The second kappa shape index (κ2) is 4.50. The molecule has 3 rings (SSSR count). The second-order valence-corrected chi connectivity index (χ2v) is 6.19. The molecule has 2 aliphatic heterocycles. The number of nitrogens with zero attached hydrogens (tertiary/aromatic N) is 2. The molecule has 0 amide bonds. The molecule has 0 aliphatic carbocycles. The number of fused-ring (bicyclic) bond motifs is 1. The van der Waals surface area contributed by atoms with Gasteiger partial charge in [0.1, 0.15) is 0 Å². The number of halogens is 1. The van der Waals surface area contributed by atoms with Gasteiger partial charge in [-0.1, -0.05) is 46.7 Å². The van der Waals surface area contributed by atoms with E-state index in [1.165, 1.54) is 10.5 Å². The SMILES string of the molecule is CCC1=CN2CC(c3ccc(Br)cc3)N=C2S1. The summed E-state index contributed by atoms with van der Waals surface area (Å²) < 4.78 is 1.12. The monoisotopic (exact) mass is 308 g/mol. The highest BCUT2D eigenvalue weighted by Crippen LogP contribution is 2.38. The number of benzene rings is 1. The van der Waals surface area contributed by atoms with E-state index in [9.17, 15) is 0 Å². The zero-order valence-corrected chi connectivity index (χ0v) is 12.0. The number of hydrogen-bond acceptors (Lipinski definition) is 3. The van der Waals surface area contributed by atoms with E-state index in [0.29, 0.717) is 6.04 Å². The van der Waals surface area contributed by atoms with Gasteiger partial charge < -0.3 is 4.90 Å². The molecule has 0 aromatic heterocycles. The Bertz CT molecular complexity index is 493. The third kappa shape index (κ3) is 2.16. The largest absolute Gasteiger partial charge is 0.324 e. The normalized spacial score (nSPS) is 22.5. The first-order valence-electron chi connectivity index (χ1n) is 5.74. The average molecular weight is 309 g/mol. The van der Waals surface area contributed by atoms with Gasteiger partial charge in [-0.05, 0) is 24.1 Å². The fraction of sp³-hybridized carbons (Fsp3) is 0.308. The van der Waals surface area contributed by atoms with Gasteiger partial charge in [-0.3, -0.25) is 4.99 Å². The zero-order chi connectivity index (χ0) is 11.8. The van der Waals surface area contributed by atoms with E-state index in [1.54, 1.807) is 0 Å². The number of allylic oxidation sites excluding steroid dienone is 1. The Morgan fingerprint density at radius 1 is 1.41 bits per heavy atom. The molecule has 1 atom stereocenters. The first-order chi connectivity index (χ1) is 8.26. The smallest absolute Gasteiger partial charge is 0.168 e. The Labute approximate surface area is 114 Å². The highest BCUT2D eigenvalue weighted by atomic mass is 79.9. The zero-order valence-electron chi connectivity index (χ0n) is 9.56. The quantitative estimate of drug-likeness (QED) is 0.815. The van der Waals surface area contributed by atoms with E-state index in [1.807, 2.05) is 11.8 Å².